The van der Waals surface area contributed by atoms with Crippen molar-refractivity contribution in [3.63, 3.8) is 0 Å². The molecule has 1 aliphatic rings. The minimum atomic E-state index is -0.724. The van der Waals surface area contributed by atoms with Crippen LogP contribution in [0.5, 0.6) is 5.75 Å². The highest BCUT2D eigenvalue weighted by atomic mass is 35.5. The summed E-state index contributed by atoms with van der Waals surface area (Å²) < 4.78 is 5.68. The Morgan fingerprint density at radius 1 is 1.36 bits per heavy atom. The lowest BCUT2D eigenvalue weighted by atomic mass is 10.1. The zero-order valence-electron chi connectivity index (χ0n) is 14.0. The summed E-state index contributed by atoms with van der Waals surface area (Å²) in [5.74, 6) is -0.264. The van der Waals surface area contributed by atoms with Gasteiger partial charge in [0.15, 0.2) is 6.10 Å². The summed E-state index contributed by atoms with van der Waals surface area (Å²) in [6.07, 6.45) is 2.05. The number of aryl methyl sites for hydroxylation is 2. The van der Waals surface area contributed by atoms with Gasteiger partial charge in [-0.3, -0.25) is 9.59 Å². The second-order valence-electron chi connectivity index (χ2n) is 6.09. The molecule has 1 aromatic carbocycles. The van der Waals surface area contributed by atoms with Crippen LogP contribution in [0.3, 0.4) is 0 Å². The number of benzene rings is 1. The first-order valence-electron chi connectivity index (χ1n) is 8.05. The Balaban J connectivity index is 1.74. The van der Waals surface area contributed by atoms with Crippen molar-refractivity contribution < 1.29 is 14.3 Å². The largest absolute Gasteiger partial charge is 0.481 e. The molecule has 25 heavy (non-hydrogen) atoms. The predicted octanol–water partition coefficient (Wildman–Crippen LogP) is 3.70. The first-order chi connectivity index (χ1) is 11.9. The van der Waals surface area contributed by atoms with E-state index in [1.165, 1.54) is 11.3 Å². The number of hydrogen-bond donors (Lipinski definition) is 2. The van der Waals surface area contributed by atoms with Gasteiger partial charge in [0.1, 0.15) is 10.8 Å². The maximum absolute atomic E-state index is 12.5. The molecule has 0 saturated carbocycles. The summed E-state index contributed by atoms with van der Waals surface area (Å²) in [7, 11) is 0. The Labute approximate surface area is 155 Å². The summed E-state index contributed by atoms with van der Waals surface area (Å²) in [6.45, 7) is 3.52. The number of fused-ring (bicyclic) bond motifs is 1. The van der Waals surface area contributed by atoms with E-state index >= 15 is 0 Å². The number of carbonyl (C=O) groups is 2. The normalized spacial score (nSPS) is 14.0. The molecule has 0 fully saturated rings. The highest BCUT2D eigenvalue weighted by molar-refractivity contribution is 7.17. The number of ether oxygens (including phenoxy) is 1. The van der Waals surface area contributed by atoms with Crippen LogP contribution < -0.4 is 15.8 Å². The van der Waals surface area contributed by atoms with Crippen LogP contribution in [0.15, 0.2) is 18.2 Å². The van der Waals surface area contributed by atoms with Crippen LogP contribution in [0.25, 0.3) is 0 Å². The average molecular weight is 379 g/mol. The van der Waals surface area contributed by atoms with E-state index in [2.05, 4.69) is 5.32 Å². The molecule has 132 valence electrons. The fraction of sp³-hybridized carbons (Fsp3) is 0.333. The molecule has 1 aliphatic carbocycles. The van der Waals surface area contributed by atoms with Gasteiger partial charge in [-0.1, -0.05) is 11.6 Å². The third kappa shape index (κ3) is 3.65. The number of rotatable bonds is 5. The van der Waals surface area contributed by atoms with E-state index in [4.69, 9.17) is 22.1 Å². The first-order valence-corrected chi connectivity index (χ1v) is 9.24. The van der Waals surface area contributed by atoms with Crippen LogP contribution in [-0.4, -0.2) is 17.9 Å². The van der Waals surface area contributed by atoms with E-state index in [1.807, 2.05) is 6.92 Å². The van der Waals surface area contributed by atoms with Crippen LogP contribution in [0.2, 0.25) is 5.02 Å². The smallest absolute Gasteiger partial charge is 0.265 e. The molecular weight excluding hydrogens is 360 g/mol. The van der Waals surface area contributed by atoms with Gasteiger partial charge in [-0.25, -0.2) is 0 Å². The minimum Gasteiger partial charge on any atom is -0.481 e. The van der Waals surface area contributed by atoms with E-state index in [0.29, 0.717) is 21.3 Å². The van der Waals surface area contributed by atoms with Crippen molar-refractivity contribution in [2.24, 2.45) is 5.73 Å². The number of carbonyl (C=O) groups excluding carboxylic acids is 2. The van der Waals surface area contributed by atoms with Crippen LogP contribution in [-0.2, 0) is 17.6 Å². The van der Waals surface area contributed by atoms with E-state index in [1.54, 1.807) is 25.1 Å². The second-order valence-corrected chi connectivity index (χ2v) is 7.60. The number of nitrogens with one attached hydrogen (secondary N) is 1. The molecular formula is C18H19ClN2O3S. The molecule has 1 atom stereocenters. The number of anilines is 1. The Kier molecular flexibility index (Phi) is 5.01. The van der Waals surface area contributed by atoms with Crippen molar-refractivity contribution >= 4 is 39.8 Å². The highest BCUT2D eigenvalue weighted by Gasteiger charge is 2.27. The van der Waals surface area contributed by atoms with Gasteiger partial charge in [0.25, 0.3) is 11.8 Å². The molecule has 0 bridgehead atoms. The fourth-order valence-electron chi connectivity index (χ4n) is 2.91. The lowest BCUT2D eigenvalue weighted by Crippen LogP contribution is -2.30. The van der Waals surface area contributed by atoms with Crippen LogP contribution in [0.1, 0.15) is 39.7 Å². The molecule has 3 rings (SSSR count). The van der Waals surface area contributed by atoms with Gasteiger partial charge in [0, 0.05) is 9.90 Å². The van der Waals surface area contributed by atoms with Crippen molar-refractivity contribution in [2.75, 3.05) is 5.32 Å². The lowest BCUT2D eigenvalue weighted by Gasteiger charge is -2.15. The third-order valence-corrected chi connectivity index (χ3v) is 5.85. The summed E-state index contributed by atoms with van der Waals surface area (Å²) in [5, 5.41) is 3.96. The van der Waals surface area contributed by atoms with Gasteiger partial charge in [0.2, 0.25) is 0 Å². The summed E-state index contributed by atoms with van der Waals surface area (Å²) in [6, 6.07) is 5.22. The second kappa shape index (κ2) is 7.06. The zero-order chi connectivity index (χ0) is 18.1. The summed E-state index contributed by atoms with van der Waals surface area (Å²) in [5.41, 5.74) is 7.81. The minimum absolute atomic E-state index is 0.324. The number of hydrogen-bond acceptors (Lipinski definition) is 4. The topological polar surface area (TPSA) is 81.4 Å². The van der Waals surface area contributed by atoms with Gasteiger partial charge in [0.05, 0.1) is 5.56 Å². The van der Waals surface area contributed by atoms with Gasteiger partial charge in [-0.15, -0.1) is 11.3 Å². The van der Waals surface area contributed by atoms with Crippen LogP contribution >= 0.6 is 22.9 Å². The van der Waals surface area contributed by atoms with Gasteiger partial charge < -0.3 is 15.8 Å². The number of thiophene rings is 1. The maximum Gasteiger partial charge on any atom is 0.265 e. The molecule has 2 aromatic rings. The van der Waals surface area contributed by atoms with Crippen LogP contribution in [0, 0.1) is 6.92 Å². The summed E-state index contributed by atoms with van der Waals surface area (Å²) in [4.78, 5) is 25.4. The quantitative estimate of drug-likeness (QED) is 0.832. The van der Waals surface area contributed by atoms with E-state index in [-0.39, 0.29) is 5.91 Å². The van der Waals surface area contributed by atoms with E-state index in [9.17, 15) is 9.59 Å². The van der Waals surface area contributed by atoms with Crippen molar-refractivity contribution in [2.45, 2.75) is 39.2 Å². The fourth-order valence-corrected chi connectivity index (χ4v) is 4.33. The number of nitrogens with two attached hydrogens (primary N) is 1. The van der Waals surface area contributed by atoms with E-state index in [0.717, 1.165) is 35.3 Å². The summed E-state index contributed by atoms with van der Waals surface area (Å²) >= 11 is 7.42. The Hall–Kier alpha value is -2.05. The maximum atomic E-state index is 12.5. The number of primary amides is 1. The monoisotopic (exact) mass is 378 g/mol. The van der Waals surface area contributed by atoms with Crippen molar-refractivity contribution in [1.82, 2.24) is 0 Å². The molecule has 3 N–H and O–H groups in total. The molecule has 0 spiro atoms. The first kappa shape index (κ1) is 17.8. The molecule has 2 amide bonds. The Bertz CT molecular complexity index is 847. The van der Waals surface area contributed by atoms with Gasteiger partial charge in [-0.2, -0.15) is 0 Å². The number of amides is 2. The number of halogens is 1. The lowest BCUT2D eigenvalue weighted by molar-refractivity contribution is -0.122. The Morgan fingerprint density at radius 2 is 2.12 bits per heavy atom. The van der Waals surface area contributed by atoms with Crippen molar-refractivity contribution in [3.05, 3.63) is 44.8 Å². The average Bonchev–Trinajstić information content (AvgIpc) is 3.10. The molecule has 1 aromatic heterocycles. The molecule has 0 saturated heterocycles. The molecule has 7 heteroatoms. The molecule has 1 heterocycles. The van der Waals surface area contributed by atoms with Gasteiger partial charge >= 0.3 is 0 Å². The zero-order valence-corrected chi connectivity index (χ0v) is 15.6. The van der Waals surface area contributed by atoms with Crippen molar-refractivity contribution in [1.29, 1.82) is 0 Å². The molecule has 0 aliphatic heterocycles. The van der Waals surface area contributed by atoms with E-state index < -0.39 is 12.0 Å². The van der Waals surface area contributed by atoms with Crippen molar-refractivity contribution in [3.8, 4) is 5.75 Å². The predicted molar refractivity (Wildman–Crippen MR) is 99.8 cm³/mol. The standard InChI is InChI=1S/C18H19ClN2O3S/c1-9-8-11(6-7-13(9)19)24-10(2)17(23)21-18-15(16(20)22)12-4-3-5-14(12)25-18/h6-8,10H,3-5H2,1-2H3,(H2,20,22)(H,21,23)/t10-/m1/s1. The highest BCUT2D eigenvalue weighted by Crippen LogP contribution is 2.38. The SMILES string of the molecule is Cc1cc(O[C@H](C)C(=O)Nc2sc3c(c2C(N)=O)CCC3)ccc1Cl. The molecule has 0 unspecified atom stereocenters. The molecule has 5 nitrogen and oxygen atoms in total. The Morgan fingerprint density at radius 3 is 2.80 bits per heavy atom. The van der Waals surface area contributed by atoms with Crippen LogP contribution in [0.4, 0.5) is 5.00 Å². The third-order valence-electron chi connectivity index (χ3n) is 4.22. The molecule has 0 radical (unpaired) electrons. The van der Waals surface area contributed by atoms with Gasteiger partial charge in [-0.05, 0) is 62.4 Å².